The van der Waals surface area contributed by atoms with Gasteiger partial charge in [0, 0.05) is 11.2 Å². The number of thiophene rings is 1. The first-order chi connectivity index (χ1) is 6.92. The first-order valence-electron chi connectivity index (χ1n) is 4.68. The summed E-state index contributed by atoms with van der Waals surface area (Å²) in [5, 5.41) is 15.1. The summed E-state index contributed by atoms with van der Waals surface area (Å²) in [6.45, 7) is 0.888. The van der Waals surface area contributed by atoms with Gasteiger partial charge in [0.15, 0.2) is 0 Å². The van der Waals surface area contributed by atoms with Gasteiger partial charge in [-0.2, -0.15) is 0 Å². The first-order valence-corrected chi connectivity index (χ1v) is 5.56. The Hall–Kier alpha value is -0.900. The number of hydrogen-bond donors (Lipinski definition) is 2. The molecule has 0 aliphatic carbocycles. The molecule has 1 aromatic heterocycles. The summed E-state index contributed by atoms with van der Waals surface area (Å²) in [6, 6.07) is 8.43. The molecule has 0 saturated heterocycles. The minimum Gasteiger partial charge on any atom is -0.381 e. The molecule has 0 fully saturated rings. The number of aliphatic hydroxyl groups excluding tert-OH is 1. The molecule has 1 heterocycles. The Morgan fingerprint density at radius 1 is 1.29 bits per heavy atom. The predicted octanol–water partition coefficient (Wildman–Crippen LogP) is 1.98. The highest BCUT2D eigenvalue weighted by atomic mass is 32.1. The zero-order chi connectivity index (χ0) is 9.80. The average Bonchev–Trinajstić information content (AvgIpc) is 2.63. The molecule has 0 amide bonds. The molecule has 0 bridgehead atoms. The summed E-state index contributed by atoms with van der Waals surface area (Å²) in [6.07, 6.45) is 0.977. The number of fused-ring (bicyclic) bond motifs is 1. The van der Waals surface area contributed by atoms with Crippen LogP contribution >= 0.6 is 11.3 Å². The van der Waals surface area contributed by atoms with Gasteiger partial charge in [-0.05, 0) is 28.8 Å². The van der Waals surface area contributed by atoms with Crippen molar-refractivity contribution in [2.75, 3.05) is 13.3 Å². The van der Waals surface area contributed by atoms with Crippen molar-refractivity contribution in [3.05, 3.63) is 35.2 Å². The van der Waals surface area contributed by atoms with Gasteiger partial charge in [-0.1, -0.05) is 18.2 Å². The minimum atomic E-state index is 0.0576. The zero-order valence-electron chi connectivity index (χ0n) is 7.86. The maximum absolute atomic E-state index is 8.60. The second-order valence-corrected chi connectivity index (χ2v) is 4.08. The van der Waals surface area contributed by atoms with Crippen LogP contribution < -0.4 is 5.32 Å². The Labute approximate surface area is 87.2 Å². The van der Waals surface area contributed by atoms with Crippen LogP contribution in [0.15, 0.2) is 29.6 Å². The van der Waals surface area contributed by atoms with Crippen LogP contribution in [0.2, 0.25) is 0 Å². The summed E-state index contributed by atoms with van der Waals surface area (Å²) in [4.78, 5) is 0. The first kappa shape index (κ1) is 9.65. The SMILES string of the molecule is OCNCCc1csc2ccccc12. The lowest BCUT2D eigenvalue weighted by molar-refractivity contribution is 0.262. The average molecular weight is 207 g/mol. The Bertz CT molecular complexity index is 410. The van der Waals surface area contributed by atoms with E-state index in [9.17, 15) is 0 Å². The number of aliphatic hydroxyl groups is 1. The van der Waals surface area contributed by atoms with E-state index in [1.807, 2.05) is 0 Å². The molecule has 0 atom stereocenters. The smallest absolute Gasteiger partial charge is 0.0931 e. The molecule has 2 aromatic rings. The van der Waals surface area contributed by atoms with Crippen LogP contribution in [0.1, 0.15) is 5.56 Å². The van der Waals surface area contributed by atoms with E-state index >= 15 is 0 Å². The highest BCUT2D eigenvalue weighted by molar-refractivity contribution is 7.17. The monoisotopic (exact) mass is 207 g/mol. The van der Waals surface area contributed by atoms with Crippen molar-refractivity contribution in [3.63, 3.8) is 0 Å². The van der Waals surface area contributed by atoms with Gasteiger partial charge in [-0.25, -0.2) is 0 Å². The van der Waals surface area contributed by atoms with Crippen LogP contribution in [-0.4, -0.2) is 18.4 Å². The van der Waals surface area contributed by atoms with Crippen molar-refractivity contribution in [3.8, 4) is 0 Å². The third kappa shape index (κ3) is 1.95. The summed E-state index contributed by atoms with van der Waals surface area (Å²) in [5.41, 5.74) is 1.37. The van der Waals surface area contributed by atoms with Crippen molar-refractivity contribution in [1.82, 2.24) is 5.32 Å². The number of benzene rings is 1. The number of hydrogen-bond acceptors (Lipinski definition) is 3. The van der Waals surface area contributed by atoms with Gasteiger partial charge in [-0.15, -0.1) is 11.3 Å². The maximum Gasteiger partial charge on any atom is 0.0931 e. The molecule has 2 N–H and O–H groups in total. The van der Waals surface area contributed by atoms with Crippen molar-refractivity contribution in [2.24, 2.45) is 0 Å². The van der Waals surface area contributed by atoms with Crippen LogP contribution in [-0.2, 0) is 6.42 Å². The molecule has 0 radical (unpaired) electrons. The lowest BCUT2D eigenvalue weighted by Gasteiger charge is -1.99. The minimum absolute atomic E-state index is 0.0576. The van der Waals surface area contributed by atoms with E-state index in [1.165, 1.54) is 15.6 Å². The molecule has 3 heteroatoms. The Balaban J connectivity index is 2.17. The van der Waals surface area contributed by atoms with Gasteiger partial charge in [0.05, 0.1) is 6.73 Å². The van der Waals surface area contributed by atoms with E-state index in [-0.39, 0.29) is 6.73 Å². The number of rotatable bonds is 4. The Morgan fingerprint density at radius 3 is 3.00 bits per heavy atom. The summed E-state index contributed by atoms with van der Waals surface area (Å²) in [5.74, 6) is 0. The Morgan fingerprint density at radius 2 is 2.14 bits per heavy atom. The van der Waals surface area contributed by atoms with Crippen LogP contribution in [0.5, 0.6) is 0 Å². The summed E-state index contributed by atoms with van der Waals surface area (Å²) >= 11 is 1.78. The molecule has 74 valence electrons. The van der Waals surface area contributed by atoms with Crippen LogP contribution in [0, 0.1) is 0 Å². The van der Waals surface area contributed by atoms with E-state index in [0.29, 0.717) is 0 Å². The standard InChI is InChI=1S/C11H13NOS/c13-8-12-6-5-9-7-14-11-4-2-1-3-10(9)11/h1-4,7,12-13H,5-6,8H2. The highest BCUT2D eigenvalue weighted by Crippen LogP contribution is 2.25. The van der Waals surface area contributed by atoms with Crippen LogP contribution in [0.4, 0.5) is 0 Å². The van der Waals surface area contributed by atoms with Gasteiger partial charge < -0.3 is 5.11 Å². The maximum atomic E-state index is 8.60. The molecular weight excluding hydrogens is 194 g/mol. The fourth-order valence-electron chi connectivity index (χ4n) is 1.53. The lowest BCUT2D eigenvalue weighted by Crippen LogP contribution is -2.17. The molecule has 0 saturated carbocycles. The quantitative estimate of drug-likeness (QED) is 0.593. The highest BCUT2D eigenvalue weighted by Gasteiger charge is 2.01. The molecule has 0 aliphatic rings. The third-order valence-corrected chi connectivity index (χ3v) is 3.26. The molecular formula is C11H13NOS. The van der Waals surface area contributed by atoms with Crippen molar-refractivity contribution in [1.29, 1.82) is 0 Å². The van der Waals surface area contributed by atoms with E-state index in [4.69, 9.17) is 5.11 Å². The fourth-order valence-corrected chi connectivity index (χ4v) is 2.53. The van der Waals surface area contributed by atoms with E-state index in [2.05, 4.69) is 35.0 Å². The lowest BCUT2D eigenvalue weighted by atomic mass is 10.1. The van der Waals surface area contributed by atoms with E-state index < -0.39 is 0 Å². The van der Waals surface area contributed by atoms with Gasteiger partial charge in [0.25, 0.3) is 0 Å². The van der Waals surface area contributed by atoms with E-state index in [1.54, 1.807) is 11.3 Å². The zero-order valence-corrected chi connectivity index (χ0v) is 8.68. The molecule has 1 aromatic carbocycles. The fraction of sp³-hybridized carbons (Fsp3) is 0.273. The van der Waals surface area contributed by atoms with Gasteiger partial charge in [0.2, 0.25) is 0 Å². The van der Waals surface area contributed by atoms with Gasteiger partial charge in [0.1, 0.15) is 0 Å². The second-order valence-electron chi connectivity index (χ2n) is 3.17. The summed E-state index contributed by atoms with van der Waals surface area (Å²) < 4.78 is 1.34. The predicted molar refractivity (Wildman–Crippen MR) is 60.6 cm³/mol. The Kier molecular flexibility index (Phi) is 3.14. The second kappa shape index (κ2) is 4.55. The largest absolute Gasteiger partial charge is 0.381 e. The molecule has 0 spiro atoms. The number of nitrogens with one attached hydrogen (secondary N) is 1. The third-order valence-electron chi connectivity index (χ3n) is 2.24. The molecule has 2 nitrogen and oxygen atoms in total. The van der Waals surface area contributed by atoms with Crippen LogP contribution in [0.25, 0.3) is 10.1 Å². The normalized spacial score (nSPS) is 10.9. The van der Waals surface area contributed by atoms with Crippen molar-refractivity contribution >= 4 is 21.4 Å². The van der Waals surface area contributed by atoms with Crippen molar-refractivity contribution in [2.45, 2.75) is 6.42 Å². The van der Waals surface area contributed by atoms with Gasteiger partial charge >= 0.3 is 0 Å². The molecule has 0 aliphatic heterocycles. The van der Waals surface area contributed by atoms with Crippen molar-refractivity contribution < 1.29 is 5.11 Å². The van der Waals surface area contributed by atoms with Gasteiger partial charge in [-0.3, -0.25) is 5.32 Å². The molecule has 2 rings (SSSR count). The topological polar surface area (TPSA) is 32.3 Å². The summed E-state index contributed by atoms with van der Waals surface area (Å²) in [7, 11) is 0. The van der Waals surface area contributed by atoms with Crippen LogP contribution in [0.3, 0.4) is 0 Å². The molecule has 0 unspecified atom stereocenters. The van der Waals surface area contributed by atoms with E-state index in [0.717, 1.165) is 13.0 Å². The molecule has 14 heavy (non-hydrogen) atoms.